The molecule has 0 spiro atoms. The molecule has 0 fully saturated rings. The van der Waals surface area contributed by atoms with Gasteiger partial charge >= 0.3 is 0 Å². The molecule has 0 aromatic heterocycles. The van der Waals surface area contributed by atoms with Crippen LogP contribution in [0.25, 0.3) is 11.1 Å². The highest BCUT2D eigenvalue weighted by Crippen LogP contribution is 2.36. The zero-order valence-corrected chi connectivity index (χ0v) is 22.9. The van der Waals surface area contributed by atoms with Gasteiger partial charge in [-0.05, 0) is 57.4 Å². The molecule has 6 rings (SSSR count). The van der Waals surface area contributed by atoms with E-state index in [2.05, 4.69) is 163 Å². The normalized spacial score (nSPS) is 14.0. The number of rotatable bonds is 9. The largest absolute Gasteiger partial charge is 0.289 e. The standard InChI is InChI=1S/C39H35N/c1-5-15-31(16-6-1)36(32-17-7-2-8-18-32)27-29-40(39-26-25-35-23-13-14-24-38(35)39)30-28-37(33-19-9-3-10-20-33)34-21-11-4-12-22-34/h1-24,27-28,39H,25-26,29-30H2. The molecular formula is C39H35N. The van der Waals surface area contributed by atoms with E-state index < -0.39 is 0 Å². The van der Waals surface area contributed by atoms with Crippen LogP contribution >= 0.6 is 0 Å². The van der Waals surface area contributed by atoms with Crippen LogP contribution in [0.4, 0.5) is 0 Å². The average molecular weight is 518 g/mol. The van der Waals surface area contributed by atoms with Crippen molar-refractivity contribution in [3.8, 4) is 0 Å². The molecule has 1 atom stereocenters. The SMILES string of the molecule is C(CN(CC=C(c1ccccc1)c1ccccc1)C1CCc2ccccc21)=C(c1ccccc1)c1ccccc1. The van der Waals surface area contributed by atoms with Gasteiger partial charge in [-0.2, -0.15) is 0 Å². The molecule has 0 amide bonds. The summed E-state index contributed by atoms with van der Waals surface area (Å²) in [7, 11) is 0. The summed E-state index contributed by atoms with van der Waals surface area (Å²) in [4.78, 5) is 2.66. The Morgan fingerprint density at radius 2 is 0.875 bits per heavy atom. The summed E-state index contributed by atoms with van der Waals surface area (Å²) in [6.45, 7) is 1.73. The third-order valence-corrected chi connectivity index (χ3v) is 7.94. The Kier molecular flexibility index (Phi) is 8.12. The second-order valence-corrected chi connectivity index (χ2v) is 10.4. The minimum absolute atomic E-state index is 0.393. The highest BCUT2D eigenvalue weighted by molar-refractivity contribution is 5.80. The molecule has 0 aliphatic heterocycles. The van der Waals surface area contributed by atoms with Crippen LogP contribution in [0.5, 0.6) is 0 Å². The lowest BCUT2D eigenvalue weighted by Gasteiger charge is -2.28. The first kappa shape index (κ1) is 25.8. The quantitative estimate of drug-likeness (QED) is 0.188. The van der Waals surface area contributed by atoms with E-state index in [0.717, 1.165) is 25.9 Å². The van der Waals surface area contributed by atoms with Gasteiger partial charge in [0.15, 0.2) is 0 Å². The van der Waals surface area contributed by atoms with Crippen molar-refractivity contribution in [1.82, 2.24) is 4.90 Å². The lowest BCUT2D eigenvalue weighted by molar-refractivity contribution is 0.243. The Morgan fingerprint density at radius 1 is 0.500 bits per heavy atom. The molecule has 0 saturated carbocycles. The van der Waals surface area contributed by atoms with Gasteiger partial charge < -0.3 is 0 Å². The van der Waals surface area contributed by atoms with Crippen molar-refractivity contribution in [1.29, 1.82) is 0 Å². The molecule has 196 valence electrons. The Morgan fingerprint density at radius 3 is 1.30 bits per heavy atom. The maximum absolute atomic E-state index is 2.66. The molecule has 5 aromatic rings. The number of benzene rings is 5. The molecule has 0 saturated heterocycles. The van der Waals surface area contributed by atoms with Crippen molar-refractivity contribution in [2.24, 2.45) is 0 Å². The molecule has 40 heavy (non-hydrogen) atoms. The molecule has 1 aliphatic carbocycles. The molecule has 1 heteroatoms. The number of hydrogen-bond donors (Lipinski definition) is 0. The van der Waals surface area contributed by atoms with Gasteiger partial charge in [-0.15, -0.1) is 0 Å². The number of nitrogens with zero attached hydrogens (tertiary/aromatic N) is 1. The molecule has 0 bridgehead atoms. The topological polar surface area (TPSA) is 3.24 Å². The van der Waals surface area contributed by atoms with E-state index in [1.165, 1.54) is 44.5 Å². The van der Waals surface area contributed by atoms with Gasteiger partial charge in [0.2, 0.25) is 0 Å². The summed E-state index contributed by atoms with van der Waals surface area (Å²) >= 11 is 0. The lowest BCUT2D eigenvalue weighted by atomic mass is 9.96. The van der Waals surface area contributed by atoms with Crippen molar-refractivity contribution in [3.63, 3.8) is 0 Å². The van der Waals surface area contributed by atoms with E-state index in [1.54, 1.807) is 0 Å². The Balaban J connectivity index is 1.39. The van der Waals surface area contributed by atoms with Gasteiger partial charge in [0.1, 0.15) is 0 Å². The summed E-state index contributed by atoms with van der Waals surface area (Å²) in [6, 6.07) is 52.6. The van der Waals surface area contributed by atoms with Gasteiger partial charge in [0.25, 0.3) is 0 Å². The maximum Gasteiger partial charge on any atom is 0.0360 e. The summed E-state index contributed by atoms with van der Waals surface area (Å²) < 4.78 is 0. The van der Waals surface area contributed by atoms with Crippen LogP contribution in [0.2, 0.25) is 0 Å². The third kappa shape index (κ3) is 5.91. The highest BCUT2D eigenvalue weighted by Gasteiger charge is 2.27. The molecule has 5 aromatic carbocycles. The van der Waals surface area contributed by atoms with Crippen LogP contribution in [-0.2, 0) is 6.42 Å². The fourth-order valence-electron chi connectivity index (χ4n) is 5.94. The maximum atomic E-state index is 2.66. The Hall–Kier alpha value is -4.46. The van der Waals surface area contributed by atoms with Crippen LogP contribution in [0.1, 0.15) is 45.8 Å². The Bertz CT molecular complexity index is 1390. The van der Waals surface area contributed by atoms with Crippen molar-refractivity contribution >= 4 is 11.1 Å². The molecule has 0 heterocycles. The fraction of sp³-hybridized carbons (Fsp3) is 0.128. The second kappa shape index (κ2) is 12.6. The van der Waals surface area contributed by atoms with Gasteiger partial charge in [-0.1, -0.05) is 158 Å². The van der Waals surface area contributed by atoms with E-state index in [4.69, 9.17) is 0 Å². The van der Waals surface area contributed by atoms with Gasteiger partial charge in [0, 0.05) is 19.1 Å². The van der Waals surface area contributed by atoms with Crippen LogP contribution in [0.15, 0.2) is 158 Å². The van der Waals surface area contributed by atoms with Crippen LogP contribution in [0.3, 0.4) is 0 Å². The first-order valence-electron chi connectivity index (χ1n) is 14.3. The molecule has 1 nitrogen and oxygen atoms in total. The van der Waals surface area contributed by atoms with Gasteiger partial charge in [-0.3, -0.25) is 4.90 Å². The van der Waals surface area contributed by atoms with Crippen molar-refractivity contribution in [2.45, 2.75) is 18.9 Å². The van der Waals surface area contributed by atoms with Crippen molar-refractivity contribution in [3.05, 3.63) is 191 Å². The molecule has 1 unspecified atom stereocenters. The number of fused-ring (bicyclic) bond motifs is 1. The zero-order chi connectivity index (χ0) is 27.0. The number of hydrogen-bond acceptors (Lipinski definition) is 1. The fourth-order valence-corrected chi connectivity index (χ4v) is 5.94. The highest BCUT2D eigenvalue weighted by atomic mass is 15.1. The minimum Gasteiger partial charge on any atom is -0.289 e. The second-order valence-electron chi connectivity index (χ2n) is 10.4. The summed E-state index contributed by atoms with van der Waals surface area (Å²) in [5, 5.41) is 0. The van der Waals surface area contributed by atoms with Crippen LogP contribution < -0.4 is 0 Å². The first-order chi connectivity index (χ1) is 19.9. The molecular weight excluding hydrogens is 482 g/mol. The molecule has 1 aliphatic rings. The lowest BCUT2D eigenvalue weighted by Crippen LogP contribution is -2.28. The molecule has 0 radical (unpaired) electrons. The minimum atomic E-state index is 0.393. The van der Waals surface area contributed by atoms with Crippen molar-refractivity contribution in [2.75, 3.05) is 13.1 Å². The van der Waals surface area contributed by atoms with Crippen LogP contribution in [0, 0.1) is 0 Å². The van der Waals surface area contributed by atoms with Crippen LogP contribution in [-0.4, -0.2) is 18.0 Å². The summed E-state index contributed by atoms with van der Waals surface area (Å²) in [5.41, 5.74) is 10.6. The smallest absolute Gasteiger partial charge is 0.0360 e. The van der Waals surface area contributed by atoms with E-state index in [9.17, 15) is 0 Å². The monoisotopic (exact) mass is 517 g/mol. The predicted molar refractivity (Wildman–Crippen MR) is 169 cm³/mol. The van der Waals surface area contributed by atoms with Gasteiger partial charge in [-0.25, -0.2) is 0 Å². The van der Waals surface area contributed by atoms with Crippen molar-refractivity contribution < 1.29 is 0 Å². The predicted octanol–water partition coefficient (Wildman–Crippen LogP) is 9.24. The first-order valence-corrected chi connectivity index (χ1v) is 14.3. The summed E-state index contributed by atoms with van der Waals surface area (Å²) in [5.74, 6) is 0. The van der Waals surface area contributed by atoms with Gasteiger partial charge in [0.05, 0.1) is 0 Å². The molecule has 0 N–H and O–H groups in total. The Labute approximate surface area is 238 Å². The number of aryl methyl sites for hydroxylation is 1. The average Bonchev–Trinajstić information content (AvgIpc) is 3.46. The summed E-state index contributed by atoms with van der Waals surface area (Å²) in [6.07, 6.45) is 7.16. The van der Waals surface area contributed by atoms with E-state index in [-0.39, 0.29) is 0 Å². The van der Waals surface area contributed by atoms with E-state index in [0.29, 0.717) is 6.04 Å². The zero-order valence-electron chi connectivity index (χ0n) is 22.9. The van der Waals surface area contributed by atoms with E-state index in [1.807, 2.05) is 0 Å². The third-order valence-electron chi connectivity index (χ3n) is 7.94. The van der Waals surface area contributed by atoms with E-state index >= 15 is 0 Å².